The highest BCUT2D eigenvalue weighted by Gasteiger charge is 2.32. The van der Waals surface area contributed by atoms with Gasteiger partial charge in [-0.05, 0) is 31.4 Å². The van der Waals surface area contributed by atoms with Crippen molar-refractivity contribution in [1.82, 2.24) is 10.2 Å². The molecule has 0 fully saturated rings. The van der Waals surface area contributed by atoms with Gasteiger partial charge in [-0.2, -0.15) is 0 Å². The van der Waals surface area contributed by atoms with Crippen LogP contribution in [0.2, 0.25) is 0 Å². The van der Waals surface area contributed by atoms with Crippen molar-refractivity contribution in [2.45, 2.75) is 46.2 Å². The summed E-state index contributed by atoms with van der Waals surface area (Å²) in [5, 5.41) is 14.0. The van der Waals surface area contributed by atoms with E-state index in [9.17, 15) is 28.1 Å². The van der Waals surface area contributed by atoms with E-state index in [0.29, 0.717) is 13.0 Å². The number of carbonyl (C=O) groups excluding carboxylic acids is 2. The monoisotopic (exact) mass is 504 g/mol. The highest BCUT2D eigenvalue weighted by molar-refractivity contribution is 7.92. The number of nitro benzene ring substituents is 1. The molecule has 0 aliphatic rings. The summed E-state index contributed by atoms with van der Waals surface area (Å²) in [6, 6.07) is 11.7. The molecule has 11 heteroatoms. The Kier molecular flexibility index (Phi) is 9.76. The lowest BCUT2D eigenvalue weighted by Crippen LogP contribution is -2.52. The molecule has 0 aliphatic carbocycles. The minimum Gasteiger partial charge on any atom is -0.354 e. The third-order valence-corrected chi connectivity index (χ3v) is 6.56. The Morgan fingerprint density at radius 3 is 2.31 bits per heavy atom. The molecule has 0 spiro atoms. The number of benzene rings is 2. The van der Waals surface area contributed by atoms with Crippen molar-refractivity contribution in [3.05, 3.63) is 69.8 Å². The summed E-state index contributed by atoms with van der Waals surface area (Å²) in [5.41, 5.74) is 1.51. The number of rotatable bonds is 12. The van der Waals surface area contributed by atoms with E-state index >= 15 is 0 Å². The molecule has 0 aromatic heterocycles. The van der Waals surface area contributed by atoms with Crippen LogP contribution in [0.4, 0.5) is 11.4 Å². The molecule has 0 bridgehead atoms. The van der Waals surface area contributed by atoms with E-state index in [1.165, 1.54) is 23.1 Å². The predicted molar refractivity (Wildman–Crippen MR) is 134 cm³/mol. The Hall–Kier alpha value is -3.47. The van der Waals surface area contributed by atoms with Crippen molar-refractivity contribution in [1.29, 1.82) is 0 Å². The molecule has 2 amide bonds. The molecule has 0 saturated carbocycles. The molecule has 0 heterocycles. The summed E-state index contributed by atoms with van der Waals surface area (Å²) in [7, 11) is -3.97. The number of aryl methyl sites for hydroxylation is 1. The van der Waals surface area contributed by atoms with Gasteiger partial charge in [-0.15, -0.1) is 0 Å². The molecule has 10 nitrogen and oxygen atoms in total. The van der Waals surface area contributed by atoms with Crippen molar-refractivity contribution in [2.24, 2.45) is 0 Å². The van der Waals surface area contributed by atoms with Gasteiger partial charge >= 0.3 is 0 Å². The van der Waals surface area contributed by atoms with Gasteiger partial charge in [0, 0.05) is 25.2 Å². The van der Waals surface area contributed by atoms with Crippen LogP contribution in [0.15, 0.2) is 48.5 Å². The van der Waals surface area contributed by atoms with Crippen LogP contribution in [0, 0.1) is 17.0 Å². The van der Waals surface area contributed by atoms with Crippen molar-refractivity contribution in [3.8, 4) is 0 Å². The van der Waals surface area contributed by atoms with E-state index in [1.54, 1.807) is 6.92 Å². The molecule has 35 heavy (non-hydrogen) atoms. The molecule has 190 valence electrons. The van der Waals surface area contributed by atoms with Gasteiger partial charge in [-0.25, -0.2) is 8.42 Å². The average molecular weight is 505 g/mol. The van der Waals surface area contributed by atoms with Crippen LogP contribution in [0.25, 0.3) is 0 Å². The minimum absolute atomic E-state index is 0.00572. The van der Waals surface area contributed by atoms with Crippen molar-refractivity contribution >= 4 is 33.2 Å². The molecular weight excluding hydrogens is 472 g/mol. The molecule has 1 atom stereocenters. The first-order valence-corrected chi connectivity index (χ1v) is 13.2. The van der Waals surface area contributed by atoms with Gasteiger partial charge in [0.2, 0.25) is 21.8 Å². The summed E-state index contributed by atoms with van der Waals surface area (Å²) >= 11 is 0. The fraction of sp³-hybridized carbons (Fsp3) is 0.417. The van der Waals surface area contributed by atoms with Gasteiger partial charge in [0.15, 0.2) is 0 Å². The molecule has 0 radical (unpaired) electrons. The second-order valence-electron chi connectivity index (χ2n) is 8.27. The van der Waals surface area contributed by atoms with Crippen LogP contribution in [0.1, 0.15) is 37.8 Å². The zero-order chi connectivity index (χ0) is 26.2. The first kappa shape index (κ1) is 27.8. The van der Waals surface area contributed by atoms with Gasteiger partial charge in [-0.3, -0.25) is 24.0 Å². The quantitative estimate of drug-likeness (QED) is 0.349. The Morgan fingerprint density at radius 2 is 1.77 bits per heavy atom. The molecule has 2 aromatic carbocycles. The number of anilines is 1. The second kappa shape index (κ2) is 12.3. The summed E-state index contributed by atoms with van der Waals surface area (Å²) in [5.74, 6) is -0.919. The zero-order valence-corrected chi connectivity index (χ0v) is 21.2. The third-order valence-electron chi connectivity index (χ3n) is 5.42. The highest BCUT2D eigenvalue weighted by atomic mass is 32.2. The first-order valence-electron chi connectivity index (χ1n) is 11.3. The minimum atomic E-state index is -3.97. The number of hydrogen-bond donors (Lipinski definition) is 1. The van der Waals surface area contributed by atoms with Gasteiger partial charge in [0.05, 0.1) is 16.9 Å². The normalized spacial score (nSPS) is 12.0. The second-order valence-corrected chi connectivity index (χ2v) is 10.2. The third kappa shape index (κ3) is 7.78. The standard InChI is InChI=1S/C24H32N4O6S/c1-5-14-25-24(30)22(6-2)26(16-19-12-10-18(3)11-13-19)23(29)17-27(35(4,33)34)20-8-7-9-21(15-20)28(31)32/h7-13,15,22H,5-6,14,16-17H2,1-4H3,(H,25,30)/t22-/m1/s1. The van der Waals surface area contributed by atoms with E-state index < -0.39 is 33.4 Å². The largest absolute Gasteiger partial charge is 0.354 e. The molecule has 2 aromatic rings. The lowest BCUT2D eigenvalue weighted by atomic mass is 10.1. The van der Waals surface area contributed by atoms with E-state index in [-0.39, 0.29) is 23.8 Å². The Morgan fingerprint density at radius 1 is 1.11 bits per heavy atom. The Bertz CT molecular complexity index is 1150. The van der Waals surface area contributed by atoms with Crippen LogP contribution in [-0.2, 0) is 26.2 Å². The maximum absolute atomic E-state index is 13.5. The number of sulfonamides is 1. The summed E-state index contributed by atoms with van der Waals surface area (Å²) in [6.07, 6.45) is 1.97. The van der Waals surface area contributed by atoms with E-state index in [1.807, 2.05) is 38.1 Å². The maximum Gasteiger partial charge on any atom is 0.271 e. The van der Waals surface area contributed by atoms with Crippen LogP contribution >= 0.6 is 0 Å². The molecule has 0 aliphatic heterocycles. The van der Waals surface area contributed by atoms with Gasteiger partial charge in [0.25, 0.3) is 5.69 Å². The highest BCUT2D eigenvalue weighted by Crippen LogP contribution is 2.24. The summed E-state index contributed by atoms with van der Waals surface area (Å²) in [6.45, 7) is 5.57. The number of nitro groups is 1. The van der Waals surface area contributed by atoms with Gasteiger partial charge in [0.1, 0.15) is 12.6 Å². The number of nitrogens with zero attached hydrogens (tertiary/aromatic N) is 3. The maximum atomic E-state index is 13.5. The number of non-ortho nitro benzene ring substituents is 1. The van der Waals surface area contributed by atoms with Gasteiger partial charge in [-0.1, -0.05) is 49.7 Å². The van der Waals surface area contributed by atoms with Crippen LogP contribution < -0.4 is 9.62 Å². The lowest BCUT2D eigenvalue weighted by Gasteiger charge is -2.32. The number of carbonyl (C=O) groups is 2. The molecule has 0 unspecified atom stereocenters. The summed E-state index contributed by atoms with van der Waals surface area (Å²) < 4.78 is 26.0. The van der Waals surface area contributed by atoms with Crippen molar-refractivity contribution in [3.63, 3.8) is 0 Å². The van der Waals surface area contributed by atoms with Crippen molar-refractivity contribution < 1.29 is 22.9 Å². The molecule has 1 N–H and O–H groups in total. The lowest BCUT2D eigenvalue weighted by molar-refractivity contribution is -0.384. The fourth-order valence-electron chi connectivity index (χ4n) is 3.55. The molecular formula is C24H32N4O6S. The number of amides is 2. The first-order chi connectivity index (χ1) is 16.5. The predicted octanol–water partition coefficient (Wildman–Crippen LogP) is 3.00. The summed E-state index contributed by atoms with van der Waals surface area (Å²) in [4.78, 5) is 38.4. The fourth-order valence-corrected chi connectivity index (χ4v) is 4.39. The molecule has 2 rings (SSSR count). The Labute approximate surface area is 206 Å². The smallest absolute Gasteiger partial charge is 0.271 e. The zero-order valence-electron chi connectivity index (χ0n) is 20.4. The topological polar surface area (TPSA) is 130 Å². The van der Waals surface area contributed by atoms with E-state index in [2.05, 4.69) is 5.32 Å². The van der Waals surface area contributed by atoms with E-state index in [4.69, 9.17) is 0 Å². The van der Waals surface area contributed by atoms with Crippen LogP contribution in [0.5, 0.6) is 0 Å². The SMILES string of the molecule is CCCNC(=O)[C@@H](CC)N(Cc1ccc(C)cc1)C(=O)CN(c1cccc([N+](=O)[O-])c1)S(C)(=O)=O. The Balaban J connectivity index is 2.45. The molecule has 0 saturated heterocycles. The number of hydrogen-bond acceptors (Lipinski definition) is 6. The average Bonchev–Trinajstić information content (AvgIpc) is 2.81. The van der Waals surface area contributed by atoms with Gasteiger partial charge < -0.3 is 10.2 Å². The van der Waals surface area contributed by atoms with Crippen LogP contribution in [-0.4, -0.2) is 55.4 Å². The number of nitrogens with one attached hydrogen (secondary N) is 1. The van der Waals surface area contributed by atoms with Crippen molar-refractivity contribution in [2.75, 3.05) is 23.7 Å². The van der Waals surface area contributed by atoms with E-state index in [0.717, 1.165) is 34.2 Å². The van der Waals surface area contributed by atoms with Crippen LogP contribution in [0.3, 0.4) is 0 Å².